The van der Waals surface area contributed by atoms with Gasteiger partial charge in [-0.3, -0.25) is 4.79 Å². The van der Waals surface area contributed by atoms with Crippen LogP contribution in [-0.4, -0.2) is 25.1 Å². The van der Waals surface area contributed by atoms with E-state index in [0.29, 0.717) is 18.0 Å². The minimum Gasteiger partial charge on any atom is -0.504 e. The van der Waals surface area contributed by atoms with Crippen molar-refractivity contribution >= 4 is 5.78 Å². The van der Waals surface area contributed by atoms with Gasteiger partial charge in [-0.15, -0.1) is 0 Å². The minimum atomic E-state index is -0.433. The van der Waals surface area contributed by atoms with Crippen molar-refractivity contribution in [1.29, 1.82) is 0 Å². The Kier molecular flexibility index (Phi) is 4.63. The molecule has 26 heavy (non-hydrogen) atoms. The average molecular weight is 360 g/mol. The summed E-state index contributed by atoms with van der Waals surface area (Å²) >= 11 is 0. The molecule has 0 heterocycles. The largest absolute Gasteiger partial charge is 0.504 e. The van der Waals surface area contributed by atoms with Crippen LogP contribution in [-0.2, 0) is 14.9 Å². The number of phenols is 1. The molecule has 1 aromatic carbocycles. The number of ketones is 1. The summed E-state index contributed by atoms with van der Waals surface area (Å²) in [6.07, 6.45) is 1.97. The minimum absolute atomic E-state index is 0.120. The Hall–Kier alpha value is -1.55. The molecule has 0 bridgehead atoms. The fourth-order valence-corrected chi connectivity index (χ4v) is 5.47. The van der Waals surface area contributed by atoms with Crippen LogP contribution in [0.1, 0.15) is 82.6 Å². The lowest BCUT2D eigenvalue weighted by Gasteiger charge is -2.54. The predicted octanol–water partition coefficient (Wildman–Crippen LogP) is 4.88. The third kappa shape index (κ3) is 2.49. The lowest BCUT2D eigenvalue weighted by Crippen LogP contribution is -2.53. The first-order valence-electron chi connectivity index (χ1n) is 9.59. The van der Waals surface area contributed by atoms with Crippen LogP contribution in [0, 0.1) is 11.3 Å². The highest BCUT2D eigenvalue weighted by Crippen LogP contribution is 2.62. The number of rotatable bonds is 3. The monoisotopic (exact) mass is 360 g/mol. The standard InChI is InChI=1S/C22H32O4/c1-12(2)13-10-14-15(25-6)11-16-21(3,4)17(23)8-9-22(16,5)18(14)19(24)20(13)26-7/h10,12,15-16,24H,8-9,11H2,1-7H3/t15-,16-,22+/m1/s1. The number of hydrogen-bond donors (Lipinski definition) is 1. The van der Waals surface area contributed by atoms with Crippen LogP contribution < -0.4 is 4.74 Å². The average Bonchev–Trinajstić information content (AvgIpc) is 2.58. The Morgan fingerprint density at radius 1 is 1.23 bits per heavy atom. The predicted molar refractivity (Wildman–Crippen MR) is 102 cm³/mol. The van der Waals surface area contributed by atoms with Gasteiger partial charge in [-0.25, -0.2) is 0 Å². The Morgan fingerprint density at radius 3 is 2.42 bits per heavy atom. The van der Waals surface area contributed by atoms with Crippen LogP contribution in [0.5, 0.6) is 11.5 Å². The third-order valence-corrected chi connectivity index (χ3v) is 7.02. The number of benzene rings is 1. The summed E-state index contributed by atoms with van der Waals surface area (Å²) in [5, 5.41) is 11.3. The van der Waals surface area contributed by atoms with E-state index in [-0.39, 0.29) is 29.1 Å². The van der Waals surface area contributed by atoms with Crippen LogP contribution in [0.4, 0.5) is 0 Å². The van der Waals surface area contributed by atoms with E-state index in [0.717, 1.165) is 29.5 Å². The van der Waals surface area contributed by atoms with Crippen molar-refractivity contribution in [3.63, 3.8) is 0 Å². The zero-order valence-electron chi connectivity index (χ0n) is 17.1. The lowest BCUT2D eigenvalue weighted by atomic mass is 9.49. The van der Waals surface area contributed by atoms with Crippen molar-refractivity contribution < 1.29 is 19.4 Å². The second-order valence-corrected chi connectivity index (χ2v) is 9.04. The molecule has 0 unspecified atom stereocenters. The van der Waals surface area contributed by atoms with Crippen molar-refractivity contribution in [3.8, 4) is 11.5 Å². The summed E-state index contributed by atoms with van der Waals surface area (Å²) in [5.74, 6) is 1.45. The van der Waals surface area contributed by atoms with Gasteiger partial charge in [-0.2, -0.15) is 0 Å². The van der Waals surface area contributed by atoms with Crippen molar-refractivity contribution in [1.82, 2.24) is 0 Å². The van der Waals surface area contributed by atoms with Gasteiger partial charge in [0.2, 0.25) is 0 Å². The highest BCUT2D eigenvalue weighted by atomic mass is 16.5. The molecule has 0 saturated heterocycles. The molecule has 0 radical (unpaired) electrons. The maximum Gasteiger partial charge on any atom is 0.164 e. The summed E-state index contributed by atoms with van der Waals surface area (Å²) in [6, 6.07) is 2.15. The van der Waals surface area contributed by atoms with E-state index in [1.54, 1.807) is 14.2 Å². The number of carbonyl (C=O) groups is 1. The Balaban J connectivity index is 2.31. The smallest absolute Gasteiger partial charge is 0.164 e. The Bertz CT molecular complexity index is 734. The van der Waals surface area contributed by atoms with Gasteiger partial charge in [0.1, 0.15) is 5.78 Å². The van der Waals surface area contributed by atoms with E-state index in [2.05, 4.69) is 26.8 Å². The van der Waals surface area contributed by atoms with E-state index in [1.165, 1.54) is 0 Å². The normalized spacial score (nSPS) is 30.1. The molecule has 2 aliphatic carbocycles. The fraction of sp³-hybridized carbons (Fsp3) is 0.682. The Morgan fingerprint density at radius 2 is 1.88 bits per heavy atom. The second-order valence-electron chi connectivity index (χ2n) is 9.04. The van der Waals surface area contributed by atoms with Crippen LogP contribution >= 0.6 is 0 Å². The van der Waals surface area contributed by atoms with Crippen LogP contribution in [0.15, 0.2) is 6.07 Å². The molecule has 0 spiro atoms. The van der Waals surface area contributed by atoms with Crippen LogP contribution in [0.2, 0.25) is 0 Å². The van der Waals surface area contributed by atoms with E-state index >= 15 is 0 Å². The van der Waals surface area contributed by atoms with Gasteiger partial charge >= 0.3 is 0 Å². The number of hydrogen-bond acceptors (Lipinski definition) is 4. The molecule has 144 valence electrons. The maximum absolute atomic E-state index is 12.6. The summed E-state index contributed by atoms with van der Waals surface area (Å²) in [4.78, 5) is 12.6. The van der Waals surface area contributed by atoms with Crippen molar-refractivity contribution in [3.05, 3.63) is 22.8 Å². The molecule has 0 aliphatic heterocycles. The highest BCUT2D eigenvalue weighted by Gasteiger charge is 2.56. The molecule has 3 rings (SSSR count). The van der Waals surface area contributed by atoms with Gasteiger partial charge in [0.15, 0.2) is 11.5 Å². The number of ether oxygens (including phenoxy) is 2. The summed E-state index contributed by atoms with van der Waals surface area (Å²) in [6.45, 7) is 10.5. The Labute approximate surface area is 156 Å². The van der Waals surface area contributed by atoms with Crippen molar-refractivity contribution in [2.24, 2.45) is 11.3 Å². The number of phenolic OH excluding ortho intramolecular Hbond substituents is 1. The number of methoxy groups -OCH3 is 2. The first-order chi connectivity index (χ1) is 12.1. The number of carbonyl (C=O) groups excluding carboxylic acids is 1. The third-order valence-electron chi connectivity index (χ3n) is 7.02. The lowest BCUT2D eigenvalue weighted by molar-refractivity contribution is -0.139. The fourth-order valence-electron chi connectivity index (χ4n) is 5.47. The van der Waals surface area contributed by atoms with E-state index in [4.69, 9.17) is 9.47 Å². The molecule has 1 aromatic rings. The van der Waals surface area contributed by atoms with Gasteiger partial charge in [0, 0.05) is 35.5 Å². The number of aromatic hydroxyl groups is 1. The quantitative estimate of drug-likeness (QED) is 0.835. The zero-order valence-corrected chi connectivity index (χ0v) is 17.1. The molecular weight excluding hydrogens is 328 g/mol. The summed E-state index contributed by atoms with van der Waals surface area (Å²) in [5.41, 5.74) is 2.27. The van der Waals surface area contributed by atoms with Gasteiger partial charge in [-0.1, -0.05) is 34.6 Å². The molecular formula is C22H32O4. The van der Waals surface area contributed by atoms with Crippen molar-refractivity contribution in [2.75, 3.05) is 14.2 Å². The van der Waals surface area contributed by atoms with Crippen molar-refractivity contribution in [2.45, 2.75) is 71.3 Å². The van der Waals surface area contributed by atoms with E-state index in [9.17, 15) is 9.90 Å². The van der Waals surface area contributed by atoms with Crippen LogP contribution in [0.3, 0.4) is 0 Å². The maximum atomic E-state index is 12.6. The topological polar surface area (TPSA) is 55.8 Å². The zero-order chi connectivity index (χ0) is 19.4. The van der Waals surface area contributed by atoms with Gasteiger partial charge in [0.25, 0.3) is 0 Å². The first kappa shape index (κ1) is 19.2. The van der Waals surface area contributed by atoms with Gasteiger partial charge in [0.05, 0.1) is 13.2 Å². The summed E-state index contributed by atoms with van der Waals surface area (Å²) in [7, 11) is 3.32. The molecule has 1 saturated carbocycles. The molecule has 4 nitrogen and oxygen atoms in total. The molecule has 1 N–H and O–H groups in total. The molecule has 0 amide bonds. The number of fused-ring (bicyclic) bond motifs is 3. The molecule has 3 atom stereocenters. The first-order valence-corrected chi connectivity index (χ1v) is 9.59. The van der Waals surface area contributed by atoms with Gasteiger partial charge < -0.3 is 14.6 Å². The number of Topliss-reactive ketones (excluding diaryl/α,β-unsaturated/α-hetero) is 1. The SMILES string of the molecule is COc1c(C(C)C)cc2c(c1O)[C@@]1(C)CCC(=O)C(C)(C)[C@H]1C[C@H]2OC. The van der Waals surface area contributed by atoms with E-state index in [1.807, 2.05) is 13.8 Å². The highest BCUT2D eigenvalue weighted by molar-refractivity contribution is 5.86. The van der Waals surface area contributed by atoms with Gasteiger partial charge in [-0.05, 0) is 36.3 Å². The molecule has 1 fully saturated rings. The molecule has 4 heteroatoms. The molecule has 0 aromatic heterocycles. The second kappa shape index (κ2) is 6.26. The summed E-state index contributed by atoms with van der Waals surface area (Å²) < 4.78 is 11.5. The molecule has 2 aliphatic rings. The van der Waals surface area contributed by atoms with Crippen LogP contribution in [0.25, 0.3) is 0 Å². The van der Waals surface area contributed by atoms with E-state index < -0.39 is 5.41 Å².